The third-order valence-electron chi connectivity index (χ3n) is 4.08. The number of nitrogens with one attached hydrogen (secondary N) is 1. The molecule has 1 aromatic heterocycles. The summed E-state index contributed by atoms with van der Waals surface area (Å²) in [5, 5.41) is 7.85. The van der Waals surface area contributed by atoms with Crippen molar-refractivity contribution < 1.29 is 9.53 Å². The van der Waals surface area contributed by atoms with Crippen LogP contribution >= 0.6 is 0 Å². The minimum Gasteiger partial charge on any atom is -0.496 e. The minimum absolute atomic E-state index is 0.0207. The van der Waals surface area contributed by atoms with Crippen LogP contribution in [0.25, 0.3) is 11.3 Å². The molecular formula is C17H22N4O2. The van der Waals surface area contributed by atoms with Crippen LogP contribution in [0.3, 0.4) is 0 Å². The number of piperazine rings is 1. The van der Waals surface area contributed by atoms with Gasteiger partial charge in [-0.15, -0.1) is 0 Å². The van der Waals surface area contributed by atoms with Crippen molar-refractivity contribution in [1.29, 1.82) is 0 Å². The van der Waals surface area contributed by atoms with Gasteiger partial charge in [0.2, 0.25) is 0 Å². The summed E-state index contributed by atoms with van der Waals surface area (Å²) in [5.74, 6) is 0.737. The number of hydrogen-bond acceptors (Lipinski definition) is 4. The summed E-state index contributed by atoms with van der Waals surface area (Å²) in [6.45, 7) is 4.32. The van der Waals surface area contributed by atoms with Gasteiger partial charge in [-0.05, 0) is 19.1 Å². The average Bonchev–Trinajstić information content (AvgIpc) is 2.95. The van der Waals surface area contributed by atoms with Gasteiger partial charge in [-0.3, -0.25) is 9.48 Å². The minimum atomic E-state index is 0.0207. The van der Waals surface area contributed by atoms with E-state index in [0.29, 0.717) is 36.1 Å². The van der Waals surface area contributed by atoms with Gasteiger partial charge in [-0.25, -0.2) is 0 Å². The topological polar surface area (TPSA) is 59.4 Å². The Morgan fingerprint density at radius 2 is 2.17 bits per heavy atom. The summed E-state index contributed by atoms with van der Waals surface area (Å²) in [6.07, 6.45) is 1.79. The maximum atomic E-state index is 13.0. The second-order valence-corrected chi connectivity index (χ2v) is 5.87. The first-order valence-corrected chi connectivity index (χ1v) is 7.80. The molecule has 1 saturated heterocycles. The first kappa shape index (κ1) is 15.6. The Balaban J connectivity index is 1.99. The summed E-state index contributed by atoms with van der Waals surface area (Å²) < 4.78 is 7.10. The lowest BCUT2D eigenvalue weighted by molar-refractivity contribution is 0.0710. The van der Waals surface area contributed by atoms with E-state index >= 15 is 0 Å². The third kappa shape index (κ3) is 3.07. The van der Waals surface area contributed by atoms with Gasteiger partial charge in [0.25, 0.3) is 5.91 Å². The number of aryl methyl sites for hydroxylation is 1. The maximum absolute atomic E-state index is 13.0. The summed E-state index contributed by atoms with van der Waals surface area (Å²) >= 11 is 0. The smallest absolute Gasteiger partial charge is 0.257 e. The molecule has 2 aromatic rings. The quantitative estimate of drug-likeness (QED) is 0.933. The zero-order chi connectivity index (χ0) is 16.4. The number of rotatable bonds is 3. The van der Waals surface area contributed by atoms with Crippen molar-refractivity contribution in [2.75, 3.05) is 26.7 Å². The lowest BCUT2D eigenvalue weighted by atomic mass is 10.1. The number of methoxy groups -OCH3 is 1. The SMILES string of the molecule is COc1ccccc1-c1nn(C)cc1C(=O)N1CCNC(C)C1. The molecule has 2 heterocycles. The largest absolute Gasteiger partial charge is 0.496 e. The highest BCUT2D eigenvalue weighted by atomic mass is 16.5. The van der Waals surface area contributed by atoms with Crippen LogP contribution in [0.5, 0.6) is 5.75 Å². The molecule has 1 N–H and O–H groups in total. The van der Waals surface area contributed by atoms with E-state index in [1.54, 1.807) is 18.0 Å². The van der Waals surface area contributed by atoms with E-state index in [2.05, 4.69) is 17.3 Å². The van der Waals surface area contributed by atoms with E-state index in [9.17, 15) is 4.79 Å². The second kappa shape index (κ2) is 6.42. The number of carbonyl (C=O) groups excluding carboxylic acids is 1. The summed E-state index contributed by atoms with van der Waals surface area (Å²) in [7, 11) is 3.46. The molecule has 0 radical (unpaired) electrons. The highest BCUT2D eigenvalue weighted by molar-refractivity contribution is 6.00. The van der Waals surface area contributed by atoms with Crippen molar-refractivity contribution in [2.45, 2.75) is 13.0 Å². The highest BCUT2D eigenvalue weighted by Crippen LogP contribution is 2.31. The van der Waals surface area contributed by atoms with E-state index in [1.807, 2.05) is 36.2 Å². The first-order chi connectivity index (χ1) is 11.1. The zero-order valence-electron chi connectivity index (χ0n) is 13.7. The Labute approximate surface area is 136 Å². The molecule has 6 nitrogen and oxygen atoms in total. The number of aromatic nitrogens is 2. The Kier molecular flexibility index (Phi) is 4.34. The summed E-state index contributed by atoms with van der Waals surface area (Å²) in [6, 6.07) is 7.95. The molecule has 1 atom stereocenters. The fourth-order valence-electron chi connectivity index (χ4n) is 2.97. The van der Waals surface area contributed by atoms with Crippen LogP contribution in [0.4, 0.5) is 0 Å². The average molecular weight is 314 g/mol. The number of amides is 1. The second-order valence-electron chi connectivity index (χ2n) is 5.87. The Bertz CT molecular complexity index is 710. The highest BCUT2D eigenvalue weighted by Gasteiger charge is 2.26. The van der Waals surface area contributed by atoms with Gasteiger partial charge in [0.05, 0.1) is 12.7 Å². The third-order valence-corrected chi connectivity index (χ3v) is 4.08. The van der Waals surface area contributed by atoms with Gasteiger partial charge in [0.15, 0.2) is 0 Å². The number of carbonyl (C=O) groups is 1. The molecule has 0 aliphatic carbocycles. The molecule has 0 saturated carbocycles. The molecule has 6 heteroatoms. The van der Waals surface area contributed by atoms with E-state index in [1.165, 1.54) is 0 Å². The van der Waals surface area contributed by atoms with Crippen LogP contribution in [-0.4, -0.2) is 53.4 Å². The van der Waals surface area contributed by atoms with Gasteiger partial charge >= 0.3 is 0 Å². The lowest BCUT2D eigenvalue weighted by Gasteiger charge is -2.31. The van der Waals surface area contributed by atoms with Crippen LogP contribution in [-0.2, 0) is 7.05 Å². The van der Waals surface area contributed by atoms with Crippen LogP contribution < -0.4 is 10.1 Å². The van der Waals surface area contributed by atoms with Gasteiger partial charge in [0.1, 0.15) is 11.4 Å². The molecule has 1 aromatic carbocycles. The van der Waals surface area contributed by atoms with Crippen LogP contribution in [0.15, 0.2) is 30.5 Å². The monoisotopic (exact) mass is 314 g/mol. The molecule has 1 fully saturated rings. The fraction of sp³-hybridized carbons (Fsp3) is 0.412. The zero-order valence-corrected chi connectivity index (χ0v) is 13.7. The molecule has 122 valence electrons. The molecule has 1 amide bonds. The number of ether oxygens (including phenoxy) is 1. The van der Waals surface area contributed by atoms with Crippen molar-refractivity contribution in [1.82, 2.24) is 20.0 Å². The molecule has 3 rings (SSSR count). The number of hydrogen-bond donors (Lipinski definition) is 1. The Morgan fingerprint density at radius 3 is 2.91 bits per heavy atom. The Morgan fingerprint density at radius 1 is 1.39 bits per heavy atom. The van der Waals surface area contributed by atoms with E-state index in [4.69, 9.17) is 4.74 Å². The Hall–Kier alpha value is -2.34. The van der Waals surface area contributed by atoms with Crippen molar-refractivity contribution in [3.8, 4) is 17.0 Å². The van der Waals surface area contributed by atoms with Gasteiger partial charge in [-0.2, -0.15) is 5.10 Å². The fourth-order valence-corrected chi connectivity index (χ4v) is 2.97. The predicted octanol–water partition coefficient (Wildman–Crippen LogP) is 1.53. The van der Waals surface area contributed by atoms with Crippen LogP contribution in [0.2, 0.25) is 0 Å². The summed E-state index contributed by atoms with van der Waals surface area (Å²) in [4.78, 5) is 14.8. The lowest BCUT2D eigenvalue weighted by Crippen LogP contribution is -2.51. The molecule has 1 aliphatic rings. The van der Waals surface area contributed by atoms with Gasteiger partial charge in [-0.1, -0.05) is 12.1 Å². The standard InChI is InChI=1S/C17H22N4O2/c1-12-10-21(9-8-18-12)17(22)14-11-20(2)19-16(14)13-6-4-5-7-15(13)23-3/h4-7,11-12,18H,8-10H2,1-3H3. The van der Waals surface area contributed by atoms with Crippen LogP contribution in [0, 0.1) is 0 Å². The first-order valence-electron chi connectivity index (χ1n) is 7.80. The molecule has 1 aliphatic heterocycles. The van der Waals surface area contributed by atoms with Gasteiger partial charge in [0, 0.05) is 44.5 Å². The number of para-hydroxylation sites is 1. The van der Waals surface area contributed by atoms with E-state index in [-0.39, 0.29) is 5.91 Å². The van der Waals surface area contributed by atoms with Crippen molar-refractivity contribution in [2.24, 2.45) is 7.05 Å². The van der Waals surface area contributed by atoms with E-state index in [0.717, 1.165) is 12.1 Å². The van der Waals surface area contributed by atoms with E-state index < -0.39 is 0 Å². The normalized spacial score (nSPS) is 18.0. The molecule has 1 unspecified atom stereocenters. The van der Waals surface area contributed by atoms with Crippen LogP contribution in [0.1, 0.15) is 17.3 Å². The maximum Gasteiger partial charge on any atom is 0.257 e. The predicted molar refractivity (Wildman–Crippen MR) is 88.6 cm³/mol. The van der Waals surface area contributed by atoms with Crippen molar-refractivity contribution in [3.63, 3.8) is 0 Å². The molecule has 0 spiro atoms. The molecular weight excluding hydrogens is 292 g/mol. The van der Waals surface area contributed by atoms with Gasteiger partial charge < -0.3 is 15.0 Å². The van der Waals surface area contributed by atoms with Crippen molar-refractivity contribution >= 4 is 5.91 Å². The molecule has 23 heavy (non-hydrogen) atoms. The summed E-state index contributed by atoms with van der Waals surface area (Å²) in [5.41, 5.74) is 2.12. The van der Waals surface area contributed by atoms with Crippen molar-refractivity contribution in [3.05, 3.63) is 36.0 Å². The number of nitrogens with zero attached hydrogens (tertiary/aromatic N) is 3. The number of benzene rings is 1. The molecule has 0 bridgehead atoms.